The Bertz CT molecular complexity index is 900. The number of benzene rings is 2. The summed E-state index contributed by atoms with van der Waals surface area (Å²) in [5.74, 6) is 0. The molecule has 0 atom stereocenters. The quantitative estimate of drug-likeness (QED) is 0.827. The molecular weight excluding hydrogens is 304 g/mol. The molecule has 2 aromatic rings. The van der Waals surface area contributed by atoms with Crippen LogP contribution in [0.2, 0.25) is 0 Å². The maximum Gasteiger partial charge on any atom is 0.175 e. The van der Waals surface area contributed by atoms with Crippen LogP contribution in [0, 0.1) is 5.41 Å². The molecule has 0 saturated carbocycles. The molecule has 1 aliphatic carbocycles. The van der Waals surface area contributed by atoms with Gasteiger partial charge in [0.1, 0.15) is 0 Å². The number of allylic oxidation sites excluding steroid dienone is 3. The molecule has 0 fully saturated rings. The van der Waals surface area contributed by atoms with E-state index in [1.165, 1.54) is 17.4 Å². The normalized spacial score (nSPS) is 17.1. The second kappa shape index (κ2) is 5.20. The SMILES string of the molecule is C=C1C(c2ccccc2)=C(c2ccc(S(C)(=O)=O)cc2)C1(C)C. The van der Waals surface area contributed by atoms with Gasteiger partial charge in [-0.1, -0.05) is 62.9 Å². The fourth-order valence-electron chi connectivity index (χ4n) is 3.16. The predicted molar refractivity (Wildman–Crippen MR) is 95.7 cm³/mol. The van der Waals surface area contributed by atoms with Crippen molar-refractivity contribution in [3.8, 4) is 0 Å². The summed E-state index contributed by atoms with van der Waals surface area (Å²) >= 11 is 0. The zero-order chi connectivity index (χ0) is 16.8. The van der Waals surface area contributed by atoms with Crippen molar-refractivity contribution in [2.45, 2.75) is 18.7 Å². The van der Waals surface area contributed by atoms with Gasteiger partial charge < -0.3 is 0 Å². The van der Waals surface area contributed by atoms with Crippen molar-refractivity contribution in [1.29, 1.82) is 0 Å². The summed E-state index contributed by atoms with van der Waals surface area (Å²) in [6, 6.07) is 17.3. The summed E-state index contributed by atoms with van der Waals surface area (Å²) in [5.41, 5.74) is 5.59. The van der Waals surface area contributed by atoms with Gasteiger partial charge in [0.15, 0.2) is 9.84 Å². The summed E-state index contributed by atoms with van der Waals surface area (Å²) in [4.78, 5) is 0.346. The Labute approximate surface area is 138 Å². The second-order valence-electron chi connectivity index (χ2n) is 6.52. The topological polar surface area (TPSA) is 34.1 Å². The first kappa shape index (κ1) is 15.8. The molecule has 0 amide bonds. The monoisotopic (exact) mass is 324 g/mol. The van der Waals surface area contributed by atoms with Crippen molar-refractivity contribution < 1.29 is 8.42 Å². The summed E-state index contributed by atoms with van der Waals surface area (Å²) in [7, 11) is -3.17. The van der Waals surface area contributed by atoms with Gasteiger partial charge in [-0.15, -0.1) is 0 Å². The average molecular weight is 324 g/mol. The highest BCUT2D eigenvalue weighted by Crippen LogP contribution is 2.58. The Morgan fingerprint density at radius 1 is 0.870 bits per heavy atom. The smallest absolute Gasteiger partial charge is 0.175 e. The summed E-state index contributed by atoms with van der Waals surface area (Å²) < 4.78 is 23.3. The molecule has 0 unspecified atom stereocenters. The number of hydrogen-bond acceptors (Lipinski definition) is 2. The third-order valence-corrected chi connectivity index (χ3v) is 5.69. The number of rotatable bonds is 3. The van der Waals surface area contributed by atoms with Crippen molar-refractivity contribution in [1.82, 2.24) is 0 Å². The summed E-state index contributed by atoms with van der Waals surface area (Å²) in [5, 5.41) is 0. The van der Waals surface area contributed by atoms with Crippen LogP contribution in [0.5, 0.6) is 0 Å². The van der Waals surface area contributed by atoms with E-state index in [9.17, 15) is 8.42 Å². The van der Waals surface area contributed by atoms with Gasteiger partial charge in [-0.3, -0.25) is 0 Å². The lowest BCUT2D eigenvalue weighted by Crippen LogP contribution is -2.28. The minimum absolute atomic E-state index is 0.113. The van der Waals surface area contributed by atoms with Crippen LogP contribution < -0.4 is 0 Å². The highest BCUT2D eigenvalue weighted by atomic mass is 32.2. The Hall–Kier alpha value is -2.13. The highest BCUT2D eigenvalue weighted by Gasteiger charge is 2.41. The van der Waals surface area contributed by atoms with Gasteiger partial charge in [0, 0.05) is 11.7 Å². The van der Waals surface area contributed by atoms with Crippen LogP contribution in [0.1, 0.15) is 25.0 Å². The molecule has 0 saturated heterocycles. The minimum atomic E-state index is -3.17. The molecule has 3 heteroatoms. The van der Waals surface area contributed by atoms with E-state index in [4.69, 9.17) is 0 Å². The lowest BCUT2D eigenvalue weighted by molar-refractivity contribution is 0.596. The second-order valence-corrected chi connectivity index (χ2v) is 8.53. The van der Waals surface area contributed by atoms with Crippen LogP contribution in [0.25, 0.3) is 11.1 Å². The fourth-order valence-corrected chi connectivity index (χ4v) is 3.79. The maximum absolute atomic E-state index is 11.6. The molecule has 0 N–H and O–H groups in total. The van der Waals surface area contributed by atoms with Gasteiger partial charge in [0.25, 0.3) is 0 Å². The van der Waals surface area contributed by atoms with Gasteiger partial charge in [-0.05, 0) is 40.0 Å². The largest absolute Gasteiger partial charge is 0.224 e. The standard InChI is InChI=1S/C20H20O2S/c1-14-18(15-8-6-5-7-9-15)19(20(14,2)3)16-10-12-17(13-11-16)23(4,21)22/h5-13H,1H2,2-4H3. The van der Waals surface area contributed by atoms with Crippen LogP contribution in [-0.2, 0) is 9.84 Å². The van der Waals surface area contributed by atoms with E-state index in [1.54, 1.807) is 12.1 Å². The van der Waals surface area contributed by atoms with Crippen molar-refractivity contribution in [2.24, 2.45) is 5.41 Å². The Kier molecular flexibility index (Phi) is 3.56. The Morgan fingerprint density at radius 2 is 1.43 bits per heavy atom. The lowest BCUT2D eigenvalue weighted by atomic mass is 9.59. The zero-order valence-corrected chi connectivity index (χ0v) is 14.4. The molecular formula is C20H20O2S. The first-order chi connectivity index (χ1) is 10.7. The van der Waals surface area contributed by atoms with Crippen LogP contribution >= 0.6 is 0 Å². The van der Waals surface area contributed by atoms with E-state index >= 15 is 0 Å². The van der Waals surface area contributed by atoms with E-state index in [0.717, 1.165) is 16.7 Å². The van der Waals surface area contributed by atoms with Crippen LogP contribution in [-0.4, -0.2) is 14.7 Å². The maximum atomic E-state index is 11.6. The molecule has 2 aromatic carbocycles. The van der Waals surface area contributed by atoms with E-state index in [0.29, 0.717) is 4.90 Å². The first-order valence-corrected chi connectivity index (χ1v) is 9.42. The molecule has 23 heavy (non-hydrogen) atoms. The van der Waals surface area contributed by atoms with Crippen LogP contribution in [0.3, 0.4) is 0 Å². The Morgan fingerprint density at radius 3 is 1.96 bits per heavy atom. The van der Waals surface area contributed by atoms with Crippen LogP contribution in [0.4, 0.5) is 0 Å². The molecule has 3 rings (SSSR count). The van der Waals surface area contributed by atoms with Gasteiger partial charge in [0.2, 0.25) is 0 Å². The van der Waals surface area contributed by atoms with Crippen molar-refractivity contribution in [3.63, 3.8) is 0 Å². The molecule has 1 aliphatic rings. The molecule has 118 valence electrons. The fraction of sp³-hybridized carbons (Fsp3) is 0.200. The van der Waals surface area contributed by atoms with Crippen molar-refractivity contribution in [2.75, 3.05) is 6.26 Å². The molecule has 0 radical (unpaired) electrons. The average Bonchev–Trinajstić information content (AvgIpc) is 2.52. The van der Waals surface area contributed by atoms with Gasteiger partial charge in [-0.2, -0.15) is 0 Å². The van der Waals surface area contributed by atoms with Gasteiger partial charge in [0.05, 0.1) is 4.90 Å². The predicted octanol–water partition coefficient (Wildman–Crippen LogP) is 4.60. The summed E-state index contributed by atoms with van der Waals surface area (Å²) in [6.07, 6.45) is 1.23. The van der Waals surface area contributed by atoms with Gasteiger partial charge >= 0.3 is 0 Å². The molecule has 0 aromatic heterocycles. The van der Waals surface area contributed by atoms with E-state index in [1.807, 2.05) is 30.3 Å². The van der Waals surface area contributed by atoms with Crippen LogP contribution in [0.15, 0.2) is 71.6 Å². The molecule has 0 heterocycles. The van der Waals surface area contributed by atoms with E-state index < -0.39 is 9.84 Å². The molecule has 0 bridgehead atoms. The van der Waals surface area contributed by atoms with Crippen molar-refractivity contribution >= 4 is 21.0 Å². The lowest BCUT2D eigenvalue weighted by Gasteiger charge is -2.44. The minimum Gasteiger partial charge on any atom is -0.224 e. The highest BCUT2D eigenvalue weighted by molar-refractivity contribution is 7.90. The molecule has 0 spiro atoms. The third kappa shape index (κ3) is 2.55. The van der Waals surface area contributed by atoms with E-state index in [-0.39, 0.29) is 5.41 Å². The van der Waals surface area contributed by atoms with E-state index in [2.05, 4.69) is 32.6 Å². The third-order valence-electron chi connectivity index (χ3n) is 4.56. The van der Waals surface area contributed by atoms with Crippen molar-refractivity contribution in [3.05, 3.63) is 77.9 Å². The number of hydrogen-bond donors (Lipinski definition) is 0. The first-order valence-electron chi connectivity index (χ1n) is 7.53. The Balaban J connectivity index is 2.15. The number of sulfone groups is 1. The molecule has 0 aliphatic heterocycles. The zero-order valence-electron chi connectivity index (χ0n) is 13.6. The summed E-state index contributed by atoms with van der Waals surface area (Å²) in [6.45, 7) is 8.56. The van der Waals surface area contributed by atoms with Gasteiger partial charge in [-0.25, -0.2) is 8.42 Å². The molecule has 2 nitrogen and oxygen atoms in total.